The Hall–Kier alpha value is -2.07. The lowest BCUT2D eigenvalue weighted by molar-refractivity contribution is -0.113. The molecule has 3 rings (SSSR count). The highest BCUT2D eigenvalue weighted by molar-refractivity contribution is 8.27. The summed E-state index contributed by atoms with van der Waals surface area (Å²) in [5.74, 6) is 0.0193. The summed E-state index contributed by atoms with van der Waals surface area (Å²) >= 11 is 12.5. The standard InChI is InChI=1S/C18H14ClNO5S3/c1-24-15-8-11(6-7-14(15)25-28(2,22)23)9-16-17(21)20(18(26)27-16)13-5-3-4-12(19)10-13/h3-10H,1-2H3. The Balaban J connectivity index is 1.91. The first-order chi connectivity index (χ1) is 13.2. The van der Waals surface area contributed by atoms with Crippen LogP contribution in [0.4, 0.5) is 5.69 Å². The van der Waals surface area contributed by atoms with Crippen LogP contribution < -0.4 is 13.8 Å². The number of carbonyl (C=O) groups excluding carboxylic acids is 1. The molecule has 1 aliphatic rings. The first-order valence-corrected chi connectivity index (χ1v) is 11.2. The molecule has 2 aromatic carbocycles. The molecule has 0 N–H and O–H groups in total. The summed E-state index contributed by atoms with van der Waals surface area (Å²) in [5, 5.41) is 0.502. The van der Waals surface area contributed by atoms with Crippen LogP contribution in [0.2, 0.25) is 5.02 Å². The number of thiocarbonyl (C=S) groups is 1. The van der Waals surface area contributed by atoms with Crippen LogP contribution in [-0.2, 0) is 14.9 Å². The maximum Gasteiger partial charge on any atom is 0.306 e. The molecule has 0 aliphatic carbocycles. The van der Waals surface area contributed by atoms with Crippen LogP contribution in [0.3, 0.4) is 0 Å². The van der Waals surface area contributed by atoms with Gasteiger partial charge in [-0.05, 0) is 42.0 Å². The highest BCUT2D eigenvalue weighted by Gasteiger charge is 2.33. The number of anilines is 1. The van der Waals surface area contributed by atoms with Gasteiger partial charge in [-0.3, -0.25) is 9.69 Å². The summed E-state index contributed by atoms with van der Waals surface area (Å²) < 4.78 is 33.1. The van der Waals surface area contributed by atoms with Crippen LogP contribution >= 0.6 is 35.6 Å². The van der Waals surface area contributed by atoms with Gasteiger partial charge < -0.3 is 8.92 Å². The normalized spacial score (nSPS) is 16.0. The molecule has 0 unspecified atom stereocenters. The third kappa shape index (κ3) is 4.67. The van der Waals surface area contributed by atoms with E-state index in [4.69, 9.17) is 32.7 Å². The maximum atomic E-state index is 12.8. The van der Waals surface area contributed by atoms with Crippen molar-refractivity contribution in [2.24, 2.45) is 0 Å². The number of methoxy groups -OCH3 is 1. The van der Waals surface area contributed by atoms with E-state index in [9.17, 15) is 13.2 Å². The first-order valence-electron chi connectivity index (χ1n) is 7.79. The number of rotatable bonds is 5. The Labute approximate surface area is 177 Å². The molecule has 1 heterocycles. The van der Waals surface area contributed by atoms with Crippen LogP contribution in [0.25, 0.3) is 6.08 Å². The summed E-state index contributed by atoms with van der Waals surface area (Å²) in [7, 11) is -2.30. The quantitative estimate of drug-likeness (QED) is 0.382. The minimum Gasteiger partial charge on any atom is -0.493 e. The van der Waals surface area contributed by atoms with Crippen molar-refractivity contribution in [3.05, 3.63) is 58.0 Å². The largest absolute Gasteiger partial charge is 0.493 e. The Kier molecular flexibility index (Phi) is 5.99. The van der Waals surface area contributed by atoms with E-state index in [0.29, 0.717) is 25.5 Å². The predicted octanol–water partition coefficient (Wildman–Crippen LogP) is 4.09. The maximum absolute atomic E-state index is 12.8. The van der Waals surface area contributed by atoms with E-state index >= 15 is 0 Å². The lowest BCUT2D eigenvalue weighted by atomic mass is 10.2. The first kappa shape index (κ1) is 20.7. The molecule has 0 spiro atoms. The van der Waals surface area contributed by atoms with E-state index in [1.165, 1.54) is 18.1 Å². The molecule has 0 aromatic heterocycles. The molecular weight excluding hydrogens is 442 g/mol. The fraction of sp³-hybridized carbons (Fsp3) is 0.111. The van der Waals surface area contributed by atoms with Gasteiger partial charge in [-0.2, -0.15) is 8.42 Å². The number of hydrogen-bond donors (Lipinski definition) is 0. The van der Waals surface area contributed by atoms with Gasteiger partial charge in [-0.1, -0.05) is 47.7 Å². The number of amides is 1. The molecule has 1 saturated heterocycles. The van der Waals surface area contributed by atoms with Gasteiger partial charge in [0.15, 0.2) is 15.8 Å². The average molecular weight is 456 g/mol. The van der Waals surface area contributed by atoms with Crippen molar-refractivity contribution in [2.45, 2.75) is 0 Å². The summed E-state index contributed by atoms with van der Waals surface area (Å²) in [4.78, 5) is 14.6. The zero-order valence-corrected chi connectivity index (χ0v) is 17.9. The van der Waals surface area contributed by atoms with Crippen molar-refractivity contribution in [2.75, 3.05) is 18.3 Å². The molecule has 0 saturated carbocycles. The third-order valence-corrected chi connectivity index (χ3v) is 5.61. The van der Waals surface area contributed by atoms with Gasteiger partial charge in [-0.15, -0.1) is 0 Å². The summed E-state index contributed by atoms with van der Waals surface area (Å²) in [6.07, 6.45) is 2.60. The van der Waals surface area contributed by atoms with Gasteiger partial charge in [0.05, 0.1) is 24.0 Å². The van der Waals surface area contributed by atoms with Crippen LogP contribution in [-0.4, -0.2) is 32.0 Å². The van der Waals surface area contributed by atoms with E-state index in [1.807, 2.05) is 0 Å². The average Bonchev–Trinajstić information content (AvgIpc) is 2.88. The van der Waals surface area contributed by atoms with Crippen molar-refractivity contribution in [3.63, 3.8) is 0 Å². The second-order valence-electron chi connectivity index (χ2n) is 5.69. The van der Waals surface area contributed by atoms with Gasteiger partial charge in [0.1, 0.15) is 0 Å². The van der Waals surface area contributed by atoms with Crippen molar-refractivity contribution < 1.29 is 22.1 Å². The van der Waals surface area contributed by atoms with Gasteiger partial charge in [0.25, 0.3) is 5.91 Å². The molecule has 0 radical (unpaired) electrons. The van der Waals surface area contributed by atoms with Crippen molar-refractivity contribution in [1.82, 2.24) is 0 Å². The van der Waals surface area contributed by atoms with Gasteiger partial charge in [0, 0.05) is 5.02 Å². The SMILES string of the molecule is COc1cc(C=C2SC(=S)N(c3cccc(Cl)c3)C2=O)ccc1OS(C)(=O)=O. The molecule has 1 amide bonds. The molecule has 1 fully saturated rings. The van der Waals surface area contributed by atoms with E-state index in [1.54, 1.807) is 42.5 Å². The van der Waals surface area contributed by atoms with E-state index < -0.39 is 10.1 Å². The number of carbonyl (C=O) groups is 1. The molecule has 2 aromatic rings. The van der Waals surface area contributed by atoms with Crippen LogP contribution in [0.1, 0.15) is 5.56 Å². The second kappa shape index (κ2) is 8.12. The zero-order valence-electron chi connectivity index (χ0n) is 14.7. The molecular formula is C18H14ClNO5S3. The second-order valence-corrected chi connectivity index (χ2v) is 9.38. The molecule has 28 heavy (non-hydrogen) atoms. The molecule has 6 nitrogen and oxygen atoms in total. The minimum atomic E-state index is -3.69. The molecule has 0 atom stereocenters. The Morgan fingerprint density at radius 2 is 1.93 bits per heavy atom. The topological polar surface area (TPSA) is 72.9 Å². The highest BCUT2D eigenvalue weighted by Crippen LogP contribution is 2.37. The van der Waals surface area contributed by atoms with Crippen molar-refractivity contribution >= 4 is 67.7 Å². The summed E-state index contributed by atoms with van der Waals surface area (Å²) in [6.45, 7) is 0. The smallest absolute Gasteiger partial charge is 0.306 e. The summed E-state index contributed by atoms with van der Waals surface area (Å²) in [5.41, 5.74) is 1.22. The third-order valence-electron chi connectivity index (χ3n) is 3.59. The van der Waals surface area contributed by atoms with Gasteiger partial charge in [-0.25, -0.2) is 0 Å². The Morgan fingerprint density at radius 3 is 2.57 bits per heavy atom. The lowest BCUT2D eigenvalue weighted by Crippen LogP contribution is -2.27. The molecule has 10 heteroatoms. The number of nitrogens with zero attached hydrogens (tertiary/aromatic N) is 1. The molecule has 146 valence electrons. The van der Waals surface area contributed by atoms with Crippen LogP contribution in [0.15, 0.2) is 47.4 Å². The van der Waals surface area contributed by atoms with E-state index in [-0.39, 0.29) is 17.4 Å². The predicted molar refractivity (Wildman–Crippen MR) is 116 cm³/mol. The van der Waals surface area contributed by atoms with Crippen LogP contribution in [0, 0.1) is 0 Å². The van der Waals surface area contributed by atoms with Crippen molar-refractivity contribution in [1.29, 1.82) is 0 Å². The van der Waals surface area contributed by atoms with E-state index in [0.717, 1.165) is 18.0 Å². The van der Waals surface area contributed by atoms with E-state index in [2.05, 4.69) is 0 Å². The Morgan fingerprint density at radius 1 is 1.18 bits per heavy atom. The summed E-state index contributed by atoms with van der Waals surface area (Å²) in [6, 6.07) is 11.5. The fourth-order valence-electron chi connectivity index (χ4n) is 2.46. The fourth-order valence-corrected chi connectivity index (χ4v) is 4.41. The number of ether oxygens (including phenoxy) is 1. The van der Waals surface area contributed by atoms with Gasteiger partial charge in [0.2, 0.25) is 0 Å². The minimum absolute atomic E-state index is 0.0635. The monoisotopic (exact) mass is 455 g/mol. The number of benzene rings is 2. The van der Waals surface area contributed by atoms with Gasteiger partial charge >= 0.3 is 10.1 Å². The zero-order chi connectivity index (χ0) is 20.5. The lowest BCUT2D eigenvalue weighted by Gasteiger charge is -2.14. The number of thioether (sulfide) groups is 1. The number of hydrogen-bond acceptors (Lipinski definition) is 7. The Bertz CT molecular complexity index is 1100. The molecule has 0 bridgehead atoms. The van der Waals surface area contributed by atoms with Crippen molar-refractivity contribution in [3.8, 4) is 11.5 Å². The molecule has 1 aliphatic heterocycles. The highest BCUT2D eigenvalue weighted by atomic mass is 35.5. The number of halogens is 1. The van der Waals surface area contributed by atoms with Crippen LogP contribution in [0.5, 0.6) is 11.5 Å².